The van der Waals surface area contributed by atoms with Crippen molar-refractivity contribution < 1.29 is 4.79 Å². The maximum absolute atomic E-state index is 11.8. The van der Waals surface area contributed by atoms with Gasteiger partial charge in [-0.25, -0.2) is 0 Å². The molecule has 0 aromatic heterocycles. The van der Waals surface area contributed by atoms with Gasteiger partial charge in [0, 0.05) is 22.3 Å². The molecule has 0 radical (unpaired) electrons. The van der Waals surface area contributed by atoms with Crippen molar-refractivity contribution in [1.82, 2.24) is 5.32 Å². The van der Waals surface area contributed by atoms with Crippen molar-refractivity contribution in [3.8, 4) is 0 Å². The van der Waals surface area contributed by atoms with Gasteiger partial charge in [0.2, 0.25) is 0 Å². The highest BCUT2D eigenvalue weighted by molar-refractivity contribution is 9.10. The Labute approximate surface area is 132 Å². The smallest absolute Gasteiger partial charge is 0.251 e. The van der Waals surface area contributed by atoms with E-state index in [0.717, 1.165) is 21.4 Å². The first-order valence-electron chi connectivity index (χ1n) is 6.72. The van der Waals surface area contributed by atoms with Gasteiger partial charge in [-0.3, -0.25) is 4.79 Å². The largest absolute Gasteiger partial charge is 0.397 e. The van der Waals surface area contributed by atoms with Crippen LogP contribution in [-0.2, 0) is 0 Å². The molecule has 0 fully saturated rings. The molecule has 0 saturated heterocycles. The molecule has 2 rings (SSSR count). The van der Waals surface area contributed by atoms with E-state index in [1.54, 1.807) is 12.1 Å². The van der Waals surface area contributed by atoms with Crippen LogP contribution in [0.3, 0.4) is 0 Å². The zero-order chi connectivity index (χ0) is 15.4. The summed E-state index contributed by atoms with van der Waals surface area (Å²) in [6, 6.07) is 11.2. The average molecular weight is 348 g/mol. The lowest BCUT2D eigenvalue weighted by atomic mass is 10.1. The number of anilines is 3. The van der Waals surface area contributed by atoms with E-state index in [2.05, 4.69) is 26.6 Å². The summed E-state index contributed by atoms with van der Waals surface area (Å²) in [5.74, 6) is -0.116. The Morgan fingerprint density at radius 2 is 2.00 bits per heavy atom. The van der Waals surface area contributed by atoms with E-state index in [4.69, 9.17) is 5.73 Å². The molecule has 110 valence electrons. The summed E-state index contributed by atoms with van der Waals surface area (Å²) < 4.78 is 1.06. The predicted octanol–water partition coefficient (Wildman–Crippen LogP) is 3.83. The van der Waals surface area contributed by atoms with Crippen molar-refractivity contribution in [2.45, 2.75) is 13.8 Å². The Morgan fingerprint density at radius 3 is 2.62 bits per heavy atom. The quantitative estimate of drug-likeness (QED) is 0.736. The Hall–Kier alpha value is -2.01. The van der Waals surface area contributed by atoms with Crippen LogP contribution in [0.2, 0.25) is 0 Å². The molecular weight excluding hydrogens is 330 g/mol. The minimum atomic E-state index is -0.116. The fraction of sp³-hybridized carbons (Fsp3) is 0.188. The highest BCUT2D eigenvalue weighted by Gasteiger charge is 2.07. The SMILES string of the molecule is CCNC(=O)c1ccc(Nc2ccc(Br)c(C)c2)c(N)c1. The van der Waals surface area contributed by atoms with Crippen molar-refractivity contribution in [2.24, 2.45) is 0 Å². The molecule has 0 aliphatic rings. The van der Waals surface area contributed by atoms with Gasteiger partial charge in [-0.1, -0.05) is 15.9 Å². The van der Waals surface area contributed by atoms with E-state index in [-0.39, 0.29) is 5.91 Å². The number of carbonyl (C=O) groups is 1. The van der Waals surface area contributed by atoms with Gasteiger partial charge < -0.3 is 16.4 Å². The molecule has 4 N–H and O–H groups in total. The number of nitrogen functional groups attached to an aromatic ring is 1. The number of aryl methyl sites for hydroxylation is 1. The fourth-order valence-corrected chi connectivity index (χ4v) is 2.20. The second-order valence-electron chi connectivity index (χ2n) is 4.75. The van der Waals surface area contributed by atoms with Gasteiger partial charge >= 0.3 is 0 Å². The first kappa shape index (κ1) is 15.4. The predicted molar refractivity (Wildman–Crippen MR) is 91.0 cm³/mol. The Morgan fingerprint density at radius 1 is 1.24 bits per heavy atom. The fourth-order valence-electron chi connectivity index (χ4n) is 1.96. The maximum atomic E-state index is 11.8. The number of halogens is 1. The molecule has 2 aromatic rings. The maximum Gasteiger partial charge on any atom is 0.251 e. The molecule has 4 nitrogen and oxygen atoms in total. The van der Waals surface area contributed by atoms with Crippen LogP contribution in [0, 0.1) is 6.92 Å². The summed E-state index contributed by atoms with van der Waals surface area (Å²) in [6.07, 6.45) is 0. The van der Waals surface area contributed by atoms with Gasteiger partial charge in [0.1, 0.15) is 0 Å². The minimum absolute atomic E-state index is 0.116. The number of amides is 1. The van der Waals surface area contributed by atoms with Crippen LogP contribution in [0.4, 0.5) is 17.1 Å². The van der Waals surface area contributed by atoms with Gasteiger partial charge in [-0.05, 0) is 55.8 Å². The Kier molecular flexibility index (Phi) is 4.85. The summed E-state index contributed by atoms with van der Waals surface area (Å²) >= 11 is 3.47. The molecule has 0 aliphatic heterocycles. The zero-order valence-corrected chi connectivity index (χ0v) is 13.6. The molecule has 0 atom stereocenters. The first-order chi connectivity index (χ1) is 10.0. The topological polar surface area (TPSA) is 67.2 Å². The van der Waals surface area contributed by atoms with Crippen LogP contribution >= 0.6 is 15.9 Å². The van der Waals surface area contributed by atoms with Gasteiger partial charge in [0.05, 0.1) is 11.4 Å². The normalized spacial score (nSPS) is 10.2. The molecule has 0 unspecified atom stereocenters. The summed E-state index contributed by atoms with van der Waals surface area (Å²) in [6.45, 7) is 4.50. The molecule has 2 aromatic carbocycles. The molecule has 0 saturated carbocycles. The molecule has 0 bridgehead atoms. The minimum Gasteiger partial charge on any atom is -0.397 e. The number of hydrogen-bond acceptors (Lipinski definition) is 3. The number of benzene rings is 2. The summed E-state index contributed by atoms with van der Waals surface area (Å²) in [4.78, 5) is 11.8. The molecule has 5 heteroatoms. The van der Waals surface area contributed by atoms with Crippen LogP contribution in [-0.4, -0.2) is 12.5 Å². The van der Waals surface area contributed by atoms with E-state index in [1.807, 2.05) is 38.1 Å². The van der Waals surface area contributed by atoms with Crippen molar-refractivity contribution in [1.29, 1.82) is 0 Å². The third kappa shape index (κ3) is 3.76. The lowest BCUT2D eigenvalue weighted by Crippen LogP contribution is -2.22. The van der Waals surface area contributed by atoms with E-state index in [1.165, 1.54) is 0 Å². The lowest BCUT2D eigenvalue weighted by Gasteiger charge is -2.12. The lowest BCUT2D eigenvalue weighted by molar-refractivity contribution is 0.0956. The number of hydrogen-bond donors (Lipinski definition) is 3. The number of nitrogens with one attached hydrogen (secondary N) is 2. The third-order valence-electron chi connectivity index (χ3n) is 3.09. The molecule has 0 spiro atoms. The van der Waals surface area contributed by atoms with Crippen LogP contribution in [0.5, 0.6) is 0 Å². The van der Waals surface area contributed by atoms with Crippen molar-refractivity contribution in [3.05, 3.63) is 52.0 Å². The van der Waals surface area contributed by atoms with Gasteiger partial charge in [0.15, 0.2) is 0 Å². The van der Waals surface area contributed by atoms with E-state index >= 15 is 0 Å². The highest BCUT2D eigenvalue weighted by Crippen LogP contribution is 2.27. The number of carbonyl (C=O) groups excluding carboxylic acids is 1. The molecular formula is C16H18BrN3O. The van der Waals surface area contributed by atoms with Crippen molar-refractivity contribution in [2.75, 3.05) is 17.6 Å². The van der Waals surface area contributed by atoms with E-state index in [9.17, 15) is 4.79 Å². The summed E-state index contributed by atoms with van der Waals surface area (Å²) in [7, 11) is 0. The van der Waals surface area contributed by atoms with E-state index < -0.39 is 0 Å². The Balaban J connectivity index is 2.21. The second-order valence-corrected chi connectivity index (χ2v) is 5.60. The molecule has 0 aliphatic carbocycles. The standard InChI is InChI=1S/C16H18BrN3O/c1-3-19-16(21)11-4-7-15(14(18)9-11)20-12-5-6-13(17)10(2)8-12/h4-9,20H,3,18H2,1-2H3,(H,19,21). The van der Waals surface area contributed by atoms with Crippen LogP contribution < -0.4 is 16.4 Å². The van der Waals surface area contributed by atoms with Crippen LogP contribution in [0.1, 0.15) is 22.8 Å². The second kappa shape index (κ2) is 6.63. The first-order valence-corrected chi connectivity index (χ1v) is 7.51. The van der Waals surface area contributed by atoms with Gasteiger partial charge in [0.25, 0.3) is 5.91 Å². The zero-order valence-electron chi connectivity index (χ0n) is 12.0. The van der Waals surface area contributed by atoms with Crippen molar-refractivity contribution in [3.63, 3.8) is 0 Å². The molecule has 0 heterocycles. The third-order valence-corrected chi connectivity index (χ3v) is 3.98. The number of nitrogens with two attached hydrogens (primary N) is 1. The van der Waals surface area contributed by atoms with Crippen LogP contribution in [0.25, 0.3) is 0 Å². The van der Waals surface area contributed by atoms with Crippen LogP contribution in [0.15, 0.2) is 40.9 Å². The molecule has 1 amide bonds. The van der Waals surface area contributed by atoms with Gasteiger partial charge in [-0.15, -0.1) is 0 Å². The van der Waals surface area contributed by atoms with Gasteiger partial charge in [-0.2, -0.15) is 0 Å². The molecule has 21 heavy (non-hydrogen) atoms. The average Bonchev–Trinajstić information content (AvgIpc) is 2.45. The number of rotatable bonds is 4. The summed E-state index contributed by atoms with van der Waals surface area (Å²) in [5, 5.41) is 6.01. The summed E-state index contributed by atoms with van der Waals surface area (Å²) in [5.41, 5.74) is 9.99. The van der Waals surface area contributed by atoms with E-state index in [0.29, 0.717) is 17.8 Å². The van der Waals surface area contributed by atoms with Crippen molar-refractivity contribution >= 4 is 38.9 Å². The highest BCUT2D eigenvalue weighted by atomic mass is 79.9. The Bertz CT molecular complexity index is 671. The monoisotopic (exact) mass is 347 g/mol.